The highest BCUT2D eigenvalue weighted by atomic mass is 16.5. The van der Waals surface area contributed by atoms with Gasteiger partial charge in [0.05, 0.1) is 23.4 Å². The maximum Gasteiger partial charge on any atom is 0.253 e. The van der Waals surface area contributed by atoms with Crippen molar-refractivity contribution in [2.75, 3.05) is 13.2 Å². The first-order valence-corrected chi connectivity index (χ1v) is 8.16. The fraction of sp³-hybridized carbons (Fsp3) is 0.529. The van der Waals surface area contributed by atoms with Gasteiger partial charge in [-0.25, -0.2) is 0 Å². The number of rotatable bonds is 6. The number of ether oxygens (including phenoxy) is 1. The van der Waals surface area contributed by atoms with Gasteiger partial charge < -0.3 is 10.1 Å². The van der Waals surface area contributed by atoms with Gasteiger partial charge in [0, 0.05) is 18.5 Å². The van der Waals surface area contributed by atoms with Gasteiger partial charge in [-0.15, -0.1) is 0 Å². The summed E-state index contributed by atoms with van der Waals surface area (Å²) >= 11 is 0. The van der Waals surface area contributed by atoms with E-state index in [9.17, 15) is 4.79 Å². The number of carbonyl (C=O) groups is 1. The highest BCUT2D eigenvalue weighted by molar-refractivity contribution is 6.05. The average Bonchev–Trinajstić information content (AvgIpc) is 3.04. The zero-order valence-electron chi connectivity index (χ0n) is 12.8. The molecule has 5 heteroatoms. The molecule has 1 fully saturated rings. The largest absolute Gasteiger partial charge is 0.378 e. The fourth-order valence-corrected chi connectivity index (χ4v) is 3.01. The third kappa shape index (κ3) is 3.65. The molecule has 22 heavy (non-hydrogen) atoms. The molecule has 1 aliphatic rings. The van der Waals surface area contributed by atoms with Crippen molar-refractivity contribution >= 4 is 16.8 Å². The number of fused-ring (bicyclic) bond motifs is 1. The number of aromatic amines is 1. The van der Waals surface area contributed by atoms with Crippen LogP contribution >= 0.6 is 0 Å². The van der Waals surface area contributed by atoms with Crippen molar-refractivity contribution < 1.29 is 9.53 Å². The normalized spacial score (nSPS) is 16.0. The van der Waals surface area contributed by atoms with Gasteiger partial charge in [-0.1, -0.05) is 31.4 Å². The van der Waals surface area contributed by atoms with E-state index in [0.717, 1.165) is 23.9 Å². The third-order valence-corrected chi connectivity index (χ3v) is 4.23. The maximum absolute atomic E-state index is 12.2. The maximum atomic E-state index is 12.2. The molecule has 2 aromatic rings. The van der Waals surface area contributed by atoms with Gasteiger partial charge in [0.25, 0.3) is 5.91 Å². The summed E-state index contributed by atoms with van der Waals surface area (Å²) in [6.45, 7) is 1.36. The van der Waals surface area contributed by atoms with Gasteiger partial charge in [-0.3, -0.25) is 9.89 Å². The van der Waals surface area contributed by atoms with Crippen LogP contribution in [-0.2, 0) is 4.74 Å². The first-order valence-electron chi connectivity index (χ1n) is 8.16. The summed E-state index contributed by atoms with van der Waals surface area (Å²) < 4.78 is 5.86. The van der Waals surface area contributed by atoms with Crippen LogP contribution in [0.3, 0.4) is 0 Å². The summed E-state index contributed by atoms with van der Waals surface area (Å²) in [5.41, 5.74) is 1.43. The predicted octanol–water partition coefficient (Wildman–Crippen LogP) is 3.03. The number of para-hydroxylation sites is 1. The van der Waals surface area contributed by atoms with Gasteiger partial charge in [0.2, 0.25) is 0 Å². The van der Waals surface area contributed by atoms with E-state index in [1.807, 2.05) is 18.2 Å². The van der Waals surface area contributed by atoms with Crippen LogP contribution in [-0.4, -0.2) is 35.4 Å². The van der Waals surface area contributed by atoms with Crippen LogP contribution in [0.25, 0.3) is 10.9 Å². The van der Waals surface area contributed by atoms with Crippen LogP contribution in [0.15, 0.2) is 24.4 Å². The molecule has 1 aliphatic carbocycles. The SMILES string of the molecule is O=C(NCCCOC1CCCCC1)c1cccc2cn[nH]c12. The summed E-state index contributed by atoms with van der Waals surface area (Å²) in [4.78, 5) is 12.2. The van der Waals surface area contributed by atoms with Crippen molar-refractivity contribution in [1.82, 2.24) is 15.5 Å². The molecule has 0 bridgehead atoms. The van der Waals surface area contributed by atoms with E-state index in [1.165, 1.54) is 32.1 Å². The number of amides is 1. The number of H-pyrrole nitrogens is 1. The van der Waals surface area contributed by atoms with Crippen molar-refractivity contribution in [3.05, 3.63) is 30.0 Å². The Morgan fingerprint density at radius 2 is 2.18 bits per heavy atom. The van der Waals surface area contributed by atoms with Crippen molar-refractivity contribution in [3.8, 4) is 0 Å². The van der Waals surface area contributed by atoms with Gasteiger partial charge in [0.1, 0.15) is 0 Å². The van der Waals surface area contributed by atoms with E-state index >= 15 is 0 Å². The third-order valence-electron chi connectivity index (χ3n) is 4.23. The van der Waals surface area contributed by atoms with E-state index in [2.05, 4.69) is 15.5 Å². The molecule has 1 amide bonds. The lowest BCUT2D eigenvalue weighted by molar-refractivity contribution is 0.0273. The molecule has 3 rings (SSSR count). The highest BCUT2D eigenvalue weighted by Crippen LogP contribution is 2.20. The smallest absolute Gasteiger partial charge is 0.253 e. The molecule has 0 unspecified atom stereocenters. The van der Waals surface area contributed by atoms with E-state index in [-0.39, 0.29) is 5.91 Å². The second kappa shape index (κ2) is 7.40. The lowest BCUT2D eigenvalue weighted by Gasteiger charge is -2.21. The fourth-order valence-electron chi connectivity index (χ4n) is 3.01. The van der Waals surface area contributed by atoms with E-state index in [0.29, 0.717) is 18.2 Å². The molecule has 1 saturated carbocycles. The minimum atomic E-state index is -0.0625. The Morgan fingerprint density at radius 3 is 3.05 bits per heavy atom. The number of aromatic nitrogens is 2. The van der Waals surface area contributed by atoms with Crippen molar-refractivity contribution in [1.29, 1.82) is 0 Å². The number of hydrogen-bond donors (Lipinski definition) is 2. The zero-order chi connectivity index (χ0) is 15.2. The van der Waals surface area contributed by atoms with Gasteiger partial charge >= 0.3 is 0 Å². The van der Waals surface area contributed by atoms with Gasteiger partial charge in [-0.05, 0) is 25.3 Å². The first-order chi connectivity index (χ1) is 10.8. The molecular weight excluding hydrogens is 278 g/mol. The van der Waals surface area contributed by atoms with Crippen LogP contribution in [0.1, 0.15) is 48.9 Å². The minimum absolute atomic E-state index is 0.0625. The Hall–Kier alpha value is -1.88. The Labute approximate surface area is 130 Å². The predicted molar refractivity (Wildman–Crippen MR) is 85.9 cm³/mol. The van der Waals surface area contributed by atoms with Crippen LogP contribution in [0.2, 0.25) is 0 Å². The molecule has 0 spiro atoms. The van der Waals surface area contributed by atoms with Crippen molar-refractivity contribution in [2.24, 2.45) is 0 Å². The molecule has 2 N–H and O–H groups in total. The number of nitrogens with one attached hydrogen (secondary N) is 2. The number of nitrogens with zero attached hydrogens (tertiary/aromatic N) is 1. The number of hydrogen-bond acceptors (Lipinski definition) is 3. The molecule has 0 saturated heterocycles. The summed E-state index contributed by atoms with van der Waals surface area (Å²) in [7, 11) is 0. The molecule has 0 radical (unpaired) electrons. The van der Waals surface area contributed by atoms with Crippen LogP contribution < -0.4 is 5.32 Å². The second-order valence-electron chi connectivity index (χ2n) is 5.88. The number of benzene rings is 1. The van der Waals surface area contributed by atoms with Crippen LogP contribution in [0.4, 0.5) is 0 Å². The van der Waals surface area contributed by atoms with Crippen LogP contribution in [0, 0.1) is 0 Å². The first kappa shape index (κ1) is 15.0. The lowest BCUT2D eigenvalue weighted by Crippen LogP contribution is -2.26. The molecule has 1 heterocycles. The standard InChI is InChI=1S/C17H23N3O2/c21-17(15-9-4-6-13-12-19-20-16(13)15)18-10-5-11-22-14-7-2-1-3-8-14/h4,6,9,12,14H,1-3,5,7-8,10-11H2,(H,18,21)(H,19,20). The molecular formula is C17H23N3O2. The zero-order valence-corrected chi connectivity index (χ0v) is 12.8. The summed E-state index contributed by atoms with van der Waals surface area (Å²) in [5, 5.41) is 10.8. The molecule has 1 aromatic carbocycles. The summed E-state index contributed by atoms with van der Waals surface area (Å²) in [5.74, 6) is -0.0625. The van der Waals surface area contributed by atoms with E-state index in [1.54, 1.807) is 6.20 Å². The van der Waals surface area contributed by atoms with Crippen LogP contribution in [0.5, 0.6) is 0 Å². The quantitative estimate of drug-likeness (QED) is 0.806. The minimum Gasteiger partial charge on any atom is -0.378 e. The number of carbonyl (C=O) groups excluding carboxylic acids is 1. The van der Waals surface area contributed by atoms with Crippen molar-refractivity contribution in [2.45, 2.75) is 44.6 Å². The molecule has 0 aliphatic heterocycles. The Morgan fingerprint density at radius 1 is 1.32 bits per heavy atom. The molecule has 118 valence electrons. The Balaban J connectivity index is 1.41. The summed E-state index contributed by atoms with van der Waals surface area (Å²) in [6.07, 6.45) is 9.30. The molecule has 0 atom stereocenters. The molecule has 5 nitrogen and oxygen atoms in total. The Bertz CT molecular complexity index is 617. The topological polar surface area (TPSA) is 67.0 Å². The average molecular weight is 301 g/mol. The second-order valence-corrected chi connectivity index (χ2v) is 5.88. The van der Waals surface area contributed by atoms with Gasteiger partial charge in [0.15, 0.2) is 0 Å². The van der Waals surface area contributed by atoms with E-state index < -0.39 is 0 Å². The molecule has 1 aromatic heterocycles. The summed E-state index contributed by atoms with van der Waals surface area (Å²) in [6, 6.07) is 5.63. The highest BCUT2D eigenvalue weighted by Gasteiger charge is 2.13. The Kier molecular flexibility index (Phi) is 5.06. The van der Waals surface area contributed by atoms with Crippen molar-refractivity contribution in [3.63, 3.8) is 0 Å². The lowest BCUT2D eigenvalue weighted by atomic mass is 9.98. The van der Waals surface area contributed by atoms with Gasteiger partial charge in [-0.2, -0.15) is 5.10 Å². The van der Waals surface area contributed by atoms with E-state index in [4.69, 9.17) is 4.74 Å². The monoisotopic (exact) mass is 301 g/mol.